The second-order valence-electron chi connectivity index (χ2n) is 8.13. The van der Waals surface area contributed by atoms with Gasteiger partial charge < -0.3 is 15.5 Å². The van der Waals surface area contributed by atoms with Crippen molar-refractivity contribution in [2.24, 2.45) is 5.73 Å². The van der Waals surface area contributed by atoms with E-state index in [9.17, 15) is 14.0 Å². The van der Waals surface area contributed by atoms with Gasteiger partial charge in [0.1, 0.15) is 12.1 Å². The molecule has 3 heterocycles. The van der Waals surface area contributed by atoms with Crippen LogP contribution in [0.3, 0.4) is 0 Å². The van der Waals surface area contributed by atoms with Crippen LogP contribution in [0.2, 0.25) is 0 Å². The lowest BCUT2D eigenvalue weighted by Crippen LogP contribution is -2.26. The molecule has 2 N–H and O–H groups in total. The number of thioether (sulfide) groups is 1. The summed E-state index contributed by atoms with van der Waals surface area (Å²) in [5, 5.41) is 3.94. The molecule has 0 bridgehead atoms. The van der Waals surface area contributed by atoms with E-state index in [0.717, 1.165) is 42.1 Å². The molecular formula is C24H27FN6O2S. The number of hydrogen-bond donors (Lipinski definition) is 1. The van der Waals surface area contributed by atoms with Gasteiger partial charge >= 0.3 is 0 Å². The largest absolute Gasteiger partial charge is 0.369 e. The molecule has 0 spiro atoms. The van der Waals surface area contributed by atoms with Crippen molar-refractivity contribution in [3.8, 4) is 0 Å². The monoisotopic (exact) mass is 482 g/mol. The Balaban J connectivity index is 0.000000166. The maximum atomic E-state index is 14.3. The Morgan fingerprint density at radius 1 is 1.15 bits per heavy atom. The molecule has 0 saturated carbocycles. The summed E-state index contributed by atoms with van der Waals surface area (Å²) in [6, 6.07) is 13.2. The quantitative estimate of drug-likeness (QED) is 0.613. The average Bonchev–Trinajstić information content (AvgIpc) is 3.51. The van der Waals surface area contributed by atoms with Gasteiger partial charge in [-0.15, -0.1) is 16.9 Å². The zero-order valence-corrected chi connectivity index (χ0v) is 19.8. The molecule has 2 aliphatic rings. The van der Waals surface area contributed by atoms with Gasteiger partial charge in [0.2, 0.25) is 11.7 Å². The Labute approximate surface area is 201 Å². The lowest BCUT2D eigenvalue weighted by molar-refractivity contribution is -0.117. The van der Waals surface area contributed by atoms with E-state index in [1.807, 2.05) is 36.4 Å². The van der Waals surface area contributed by atoms with E-state index in [4.69, 9.17) is 5.73 Å². The van der Waals surface area contributed by atoms with E-state index in [0.29, 0.717) is 24.3 Å². The van der Waals surface area contributed by atoms with E-state index < -0.39 is 5.91 Å². The van der Waals surface area contributed by atoms with Gasteiger partial charge in [-0.25, -0.2) is 14.1 Å². The summed E-state index contributed by atoms with van der Waals surface area (Å²) in [5.74, 6) is 0.0384. The van der Waals surface area contributed by atoms with E-state index in [1.54, 1.807) is 28.4 Å². The molecule has 8 nitrogen and oxygen atoms in total. The number of aromatic nitrogens is 3. The van der Waals surface area contributed by atoms with Gasteiger partial charge in [0.25, 0.3) is 5.91 Å². The van der Waals surface area contributed by atoms with Gasteiger partial charge in [-0.2, -0.15) is 0 Å². The Morgan fingerprint density at radius 2 is 1.88 bits per heavy atom. The molecule has 2 aromatic carbocycles. The minimum atomic E-state index is -0.609. The van der Waals surface area contributed by atoms with Crippen molar-refractivity contribution in [2.45, 2.75) is 30.7 Å². The van der Waals surface area contributed by atoms with Crippen molar-refractivity contribution in [1.82, 2.24) is 14.8 Å². The van der Waals surface area contributed by atoms with E-state index in [2.05, 4.69) is 15.0 Å². The van der Waals surface area contributed by atoms with Crippen LogP contribution in [0.4, 0.5) is 15.8 Å². The number of anilines is 2. The van der Waals surface area contributed by atoms with Crippen molar-refractivity contribution in [3.05, 3.63) is 66.0 Å². The lowest BCUT2D eigenvalue weighted by atomic mass is 10.2. The van der Waals surface area contributed by atoms with Crippen molar-refractivity contribution in [3.63, 3.8) is 0 Å². The molecule has 2 amide bonds. The van der Waals surface area contributed by atoms with Crippen molar-refractivity contribution in [1.29, 1.82) is 0 Å². The Hall–Kier alpha value is -3.40. The van der Waals surface area contributed by atoms with E-state index in [1.165, 1.54) is 12.4 Å². The standard InChI is InChI=1S/C14H17FN2OS.C10H10N4O/c1-16-12-8-10(15)11(17-5-2-3-6-17)9-13(12)19-7-4-14(16)18;11-9(15)10-12-7-14(13-10)6-8-4-2-1-3-5-8/h8-9H,2-7H2,1H3;1-5,7H,6H2,(H2,11,15). The first-order valence-corrected chi connectivity index (χ1v) is 12.1. The van der Waals surface area contributed by atoms with Gasteiger partial charge in [-0.1, -0.05) is 30.3 Å². The minimum Gasteiger partial charge on any atom is -0.369 e. The third-order valence-electron chi connectivity index (χ3n) is 5.73. The van der Waals surface area contributed by atoms with E-state index in [-0.39, 0.29) is 17.5 Å². The zero-order valence-electron chi connectivity index (χ0n) is 19.0. The normalized spacial score (nSPS) is 15.4. The van der Waals surface area contributed by atoms with Crippen molar-refractivity contribution < 1.29 is 14.0 Å². The maximum Gasteiger partial charge on any atom is 0.288 e. The van der Waals surface area contributed by atoms with Crippen LogP contribution < -0.4 is 15.5 Å². The first-order chi connectivity index (χ1) is 16.4. The summed E-state index contributed by atoms with van der Waals surface area (Å²) in [7, 11) is 1.72. The van der Waals surface area contributed by atoms with Crippen LogP contribution in [-0.4, -0.2) is 52.5 Å². The number of fused-ring (bicyclic) bond motifs is 1. The van der Waals surface area contributed by atoms with Crippen LogP contribution in [-0.2, 0) is 11.3 Å². The van der Waals surface area contributed by atoms with Crippen LogP contribution in [0.1, 0.15) is 35.4 Å². The molecular weight excluding hydrogens is 455 g/mol. The summed E-state index contributed by atoms with van der Waals surface area (Å²) in [5.41, 5.74) is 7.53. The third-order valence-corrected chi connectivity index (χ3v) is 6.77. The second-order valence-corrected chi connectivity index (χ2v) is 9.27. The third kappa shape index (κ3) is 5.56. The zero-order chi connectivity index (χ0) is 24.1. The van der Waals surface area contributed by atoms with Crippen molar-refractivity contribution in [2.75, 3.05) is 35.7 Å². The van der Waals surface area contributed by atoms with Gasteiger partial charge in [0.05, 0.1) is 17.9 Å². The maximum absolute atomic E-state index is 14.3. The fourth-order valence-electron chi connectivity index (χ4n) is 3.91. The van der Waals surface area contributed by atoms with E-state index >= 15 is 0 Å². The molecule has 0 radical (unpaired) electrons. The highest BCUT2D eigenvalue weighted by atomic mass is 32.2. The number of nitrogens with zero attached hydrogens (tertiary/aromatic N) is 5. The Morgan fingerprint density at radius 3 is 2.56 bits per heavy atom. The molecule has 1 fully saturated rings. The topological polar surface area (TPSA) is 97.4 Å². The average molecular weight is 483 g/mol. The van der Waals surface area contributed by atoms with Gasteiger partial charge in [-0.3, -0.25) is 9.59 Å². The molecule has 34 heavy (non-hydrogen) atoms. The minimum absolute atomic E-state index is 0.0472. The highest BCUT2D eigenvalue weighted by molar-refractivity contribution is 7.99. The number of benzene rings is 2. The molecule has 178 valence electrons. The molecule has 0 aliphatic carbocycles. The van der Waals surface area contributed by atoms with Crippen LogP contribution in [0.5, 0.6) is 0 Å². The molecule has 3 aromatic rings. The van der Waals surface area contributed by atoms with Crippen molar-refractivity contribution >= 4 is 35.0 Å². The molecule has 1 aromatic heterocycles. The number of hydrogen-bond acceptors (Lipinski definition) is 6. The molecule has 2 aliphatic heterocycles. The number of carbonyl (C=O) groups is 2. The summed E-state index contributed by atoms with van der Waals surface area (Å²) >= 11 is 1.64. The molecule has 5 rings (SSSR count). The summed E-state index contributed by atoms with van der Waals surface area (Å²) in [4.78, 5) is 31.0. The Kier molecular flexibility index (Phi) is 7.46. The number of nitrogens with two attached hydrogens (primary N) is 1. The second kappa shape index (κ2) is 10.7. The number of carbonyl (C=O) groups excluding carboxylic acids is 2. The smallest absolute Gasteiger partial charge is 0.288 e. The van der Waals surface area contributed by atoms with Gasteiger partial charge in [0, 0.05) is 43.3 Å². The fraction of sp³-hybridized carbons (Fsp3) is 0.333. The SMILES string of the molecule is CN1C(=O)CCSc2cc(N3CCCC3)c(F)cc21.NC(=O)c1ncn(Cc2ccccc2)n1. The van der Waals surface area contributed by atoms with Gasteiger partial charge in [0.15, 0.2) is 0 Å². The van der Waals surface area contributed by atoms with Crippen LogP contribution in [0.15, 0.2) is 53.7 Å². The molecule has 0 atom stereocenters. The highest BCUT2D eigenvalue weighted by Gasteiger charge is 2.24. The molecule has 0 unspecified atom stereocenters. The highest BCUT2D eigenvalue weighted by Crippen LogP contribution is 2.38. The number of halogens is 1. The first-order valence-electron chi connectivity index (χ1n) is 11.1. The van der Waals surface area contributed by atoms with Gasteiger partial charge in [-0.05, 0) is 24.5 Å². The van der Waals surface area contributed by atoms with Crippen LogP contribution in [0.25, 0.3) is 0 Å². The lowest BCUT2D eigenvalue weighted by Gasteiger charge is -2.22. The Bertz CT molecular complexity index is 1160. The number of amides is 2. The van der Waals surface area contributed by atoms with Crippen LogP contribution >= 0.6 is 11.8 Å². The fourth-order valence-corrected chi connectivity index (χ4v) is 4.95. The summed E-state index contributed by atoms with van der Waals surface area (Å²) in [6.07, 6.45) is 4.26. The van der Waals surface area contributed by atoms with Crippen LogP contribution in [0, 0.1) is 5.82 Å². The first kappa shape index (κ1) is 23.7. The number of rotatable bonds is 4. The summed E-state index contributed by atoms with van der Waals surface area (Å²) < 4.78 is 15.9. The predicted octanol–water partition coefficient (Wildman–Crippen LogP) is 3.31. The predicted molar refractivity (Wildman–Crippen MR) is 131 cm³/mol. The number of primary amides is 1. The molecule has 1 saturated heterocycles. The summed E-state index contributed by atoms with van der Waals surface area (Å²) in [6.45, 7) is 2.44. The molecule has 10 heteroatoms.